The molecule has 11 heavy (non-hydrogen) atoms. The van der Waals surface area contributed by atoms with E-state index in [1.807, 2.05) is 0 Å². The summed E-state index contributed by atoms with van der Waals surface area (Å²) in [6, 6.07) is -0.551. The average molecular weight is 163 g/mol. The number of hydroxylamine groups is 1. The Morgan fingerprint density at radius 1 is 1.64 bits per heavy atom. The van der Waals surface area contributed by atoms with Gasteiger partial charge < -0.3 is 5.21 Å². The SMILES string of the molecule is CC[C@@H]1[C@@H](C)C(F)(F)C=[N+]1[O-]. The highest BCUT2D eigenvalue weighted by molar-refractivity contribution is 5.63. The molecule has 0 saturated carbocycles. The van der Waals surface area contributed by atoms with Crippen LogP contribution < -0.4 is 0 Å². The van der Waals surface area contributed by atoms with Gasteiger partial charge in [-0.05, 0) is 6.92 Å². The van der Waals surface area contributed by atoms with Gasteiger partial charge in [-0.3, -0.25) is 0 Å². The van der Waals surface area contributed by atoms with Crippen molar-refractivity contribution in [1.82, 2.24) is 0 Å². The summed E-state index contributed by atoms with van der Waals surface area (Å²) in [4.78, 5) is 0. The van der Waals surface area contributed by atoms with E-state index in [4.69, 9.17) is 0 Å². The van der Waals surface area contributed by atoms with E-state index in [0.29, 0.717) is 17.4 Å². The third-order valence-corrected chi connectivity index (χ3v) is 2.23. The summed E-state index contributed by atoms with van der Waals surface area (Å²) < 4.78 is 25.8. The predicted octanol–water partition coefficient (Wildman–Crippen LogP) is 1.63. The number of nitrogens with zero attached hydrogens (tertiary/aromatic N) is 1. The lowest BCUT2D eigenvalue weighted by Gasteiger charge is -2.15. The number of alkyl halides is 2. The van der Waals surface area contributed by atoms with Crippen molar-refractivity contribution in [2.24, 2.45) is 5.92 Å². The minimum atomic E-state index is -2.91. The molecule has 0 bridgehead atoms. The first-order chi connectivity index (χ1) is 4.99. The number of hydrogen-bond donors (Lipinski definition) is 0. The Bertz CT molecular complexity index is 191. The van der Waals surface area contributed by atoms with E-state index < -0.39 is 17.9 Å². The summed E-state index contributed by atoms with van der Waals surface area (Å²) in [5.74, 6) is -3.77. The van der Waals surface area contributed by atoms with E-state index in [2.05, 4.69) is 0 Å². The number of rotatable bonds is 1. The van der Waals surface area contributed by atoms with Crippen molar-refractivity contribution >= 4 is 6.21 Å². The van der Waals surface area contributed by atoms with Crippen molar-refractivity contribution in [3.05, 3.63) is 5.21 Å². The van der Waals surface area contributed by atoms with Gasteiger partial charge in [0.2, 0.25) is 6.21 Å². The topological polar surface area (TPSA) is 26.1 Å². The lowest BCUT2D eigenvalue weighted by molar-refractivity contribution is -0.495. The smallest absolute Gasteiger partial charge is 0.332 e. The van der Waals surface area contributed by atoms with Gasteiger partial charge in [0.05, 0.1) is 5.92 Å². The zero-order valence-corrected chi connectivity index (χ0v) is 6.55. The van der Waals surface area contributed by atoms with Crippen molar-refractivity contribution in [2.45, 2.75) is 32.2 Å². The molecular weight excluding hydrogens is 152 g/mol. The summed E-state index contributed by atoms with van der Waals surface area (Å²) in [5, 5.41) is 10.8. The van der Waals surface area contributed by atoms with Crippen LogP contribution in [0, 0.1) is 11.1 Å². The Kier molecular flexibility index (Phi) is 1.86. The standard InChI is InChI=1S/C7H11F2NO/c1-3-6-5(2)7(8,9)4-10(6)11/h4-6H,3H2,1-2H3/t5-,6-/m1/s1. The summed E-state index contributed by atoms with van der Waals surface area (Å²) in [7, 11) is 0. The molecule has 2 atom stereocenters. The quantitative estimate of drug-likeness (QED) is 0.426. The molecule has 64 valence electrons. The van der Waals surface area contributed by atoms with Gasteiger partial charge in [-0.1, -0.05) is 6.92 Å². The maximum Gasteiger partial charge on any atom is 0.332 e. The molecule has 0 aliphatic carbocycles. The molecule has 0 spiro atoms. The molecule has 1 aliphatic heterocycles. The van der Waals surface area contributed by atoms with Crippen LogP contribution >= 0.6 is 0 Å². The fraction of sp³-hybridized carbons (Fsp3) is 0.857. The van der Waals surface area contributed by atoms with E-state index in [1.165, 1.54) is 6.92 Å². The average Bonchev–Trinajstić information content (AvgIpc) is 2.04. The van der Waals surface area contributed by atoms with E-state index in [-0.39, 0.29) is 0 Å². The van der Waals surface area contributed by atoms with Gasteiger partial charge in [0, 0.05) is 6.42 Å². The number of hydrogen-bond acceptors (Lipinski definition) is 1. The maximum absolute atomic E-state index is 12.7. The molecule has 1 heterocycles. The number of halogens is 2. The molecule has 0 unspecified atom stereocenters. The van der Waals surface area contributed by atoms with Crippen LogP contribution in [0.5, 0.6) is 0 Å². The molecule has 0 fully saturated rings. The summed E-state index contributed by atoms with van der Waals surface area (Å²) in [6.45, 7) is 3.14. The van der Waals surface area contributed by atoms with E-state index >= 15 is 0 Å². The van der Waals surface area contributed by atoms with Gasteiger partial charge >= 0.3 is 5.92 Å². The molecule has 4 heteroatoms. The van der Waals surface area contributed by atoms with Crippen molar-refractivity contribution in [3.8, 4) is 0 Å². The van der Waals surface area contributed by atoms with Crippen LogP contribution in [-0.2, 0) is 0 Å². The van der Waals surface area contributed by atoms with Crippen LogP contribution in [0.4, 0.5) is 8.78 Å². The molecule has 0 aromatic heterocycles. The summed E-state index contributed by atoms with van der Waals surface area (Å²) in [6.07, 6.45) is 0.947. The third-order valence-electron chi connectivity index (χ3n) is 2.23. The Hall–Kier alpha value is -0.670. The van der Waals surface area contributed by atoms with E-state index in [0.717, 1.165) is 0 Å². The van der Waals surface area contributed by atoms with Crippen LogP contribution in [0.3, 0.4) is 0 Å². The summed E-state index contributed by atoms with van der Waals surface area (Å²) in [5.41, 5.74) is 0. The molecule has 1 aliphatic rings. The van der Waals surface area contributed by atoms with Gasteiger partial charge in [-0.15, -0.1) is 0 Å². The van der Waals surface area contributed by atoms with Crippen LogP contribution in [-0.4, -0.2) is 22.9 Å². The highest BCUT2D eigenvalue weighted by atomic mass is 19.3. The zero-order valence-electron chi connectivity index (χ0n) is 6.55. The second kappa shape index (κ2) is 2.43. The molecule has 1 rings (SSSR count). The van der Waals surface area contributed by atoms with Crippen LogP contribution in [0.25, 0.3) is 0 Å². The Morgan fingerprint density at radius 2 is 2.18 bits per heavy atom. The van der Waals surface area contributed by atoms with E-state index in [1.54, 1.807) is 6.92 Å². The Morgan fingerprint density at radius 3 is 2.36 bits per heavy atom. The molecule has 0 N–H and O–H groups in total. The minimum Gasteiger partial charge on any atom is -0.624 e. The van der Waals surface area contributed by atoms with Gasteiger partial charge in [-0.2, -0.15) is 8.78 Å². The molecule has 0 aromatic carbocycles. The molecule has 0 aromatic rings. The van der Waals surface area contributed by atoms with Crippen molar-refractivity contribution in [2.75, 3.05) is 0 Å². The molecule has 2 nitrogen and oxygen atoms in total. The molecule has 0 amide bonds. The normalized spacial score (nSPS) is 35.5. The fourth-order valence-corrected chi connectivity index (χ4v) is 1.39. The van der Waals surface area contributed by atoms with Gasteiger partial charge in [0.15, 0.2) is 6.04 Å². The lowest BCUT2D eigenvalue weighted by Crippen LogP contribution is -2.29. The molecular formula is C7H11F2NO. The Labute approximate surface area is 64.1 Å². The highest BCUT2D eigenvalue weighted by Gasteiger charge is 2.51. The van der Waals surface area contributed by atoms with Crippen molar-refractivity contribution in [1.29, 1.82) is 0 Å². The fourth-order valence-electron chi connectivity index (χ4n) is 1.39. The van der Waals surface area contributed by atoms with Crippen LogP contribution in [0.15, 0.2) is 0 Å². The first kappa shape index (κ1) is 8.43. The van der Waals surface area contributed by atoms with E-state index in [9.17, 15) is 14.0 Å². The van der Waals surface area contributed by atoms with Crippen LogP contribution in [0.2, 0.25) is 0 Å². The summed E-state index contributed by atoms with van der Waals surface area (Å²) >= 11 is 0. The minimum absolute atomic E-state index is 0.380. The maximum atomic E-state index is 12.7. The monoisotopic (exact) mass is 163 g/mol. The Balaban J connectivity index is 2.84. The zero-order chi connectivity index (χ0) is 8.65. The second-order valence-corrected chi connectivity index (χ2v) is 2.93. The third kappa shape index (κ3) is 1.21. The second-order valence-electron chi connectivity index (χ2n) is 2.93. The first-order valence-corrected chi connectivity index (χ1v) is 3.68. The highest BCUT2D eigenvalue weighted by Crippen LogP contribution is 2.32. The predicted molar refractivity (Wildman–Crippen MR) is 37.9 cm³/mol. The van der Waals surface area contributed by atoms with Gasteiger partial charge in [-0.25, -0.2) is 4.74 Å². The van der Waals surface area contributed by atoms with Crippen molar-refractivity contribution < 1.29 is 13.5 Å². The molecule has 0 radical (unpaired) electrons. The largest absolute Gasteiger partial charge is 0.624 e. The van der Waals surface area contributed by atoms with Gasteiger partial charge in [0.1, 0.15) is 0 Å². The molecule has 0 saturated heterocycles. The first-order valence-electron chi connectivity index (χ1n) is 3.68. The lowest BCUT2D eigenvalue weighted by atomic mass is 9.97. The van der Waals surface area contributed by atoms with Gasteiger partial charge in [0.25, 0.3) is 0 Å². The van der Waals surface area contributed by atoms with Crippen molar-refractivity contribution in [3.63, 3.8) is 0 Å². The van der Waals surface area contributed by atoms with Crippen LogP contribution in [0.1, 0.15) is 20.3 Å².